The number of benzene rings is 2. The Bertz CT molecular complexity index is 828. The van der Waals surface area contributed by atoms with E-state index in [-0.39, 0.29) is 23.5 Å². The molecule has 2 aromatic carbocycles. The molecule has 0 aliphatic carbocycles. The van der Waals surface area contributed by atoms with Crippen LogP contribution in [0.4, 0.5) is 20.6 Å². The van der Waals surface area contributed by atoms with Gasteiger partial charge in [-0.25, -0.2) is 9.18 Å². The zero-order valence-corrected chi connectivity index (χ0v) is 15.2. The van der Waals surface area contributed by atoms with Crippen LogP contribution < -0.4 is 15.5 Å². The number of halogens is 1. The third-order valence-electron chi connectivity index (χ3n) is 4.06. The monoisotopic (exact) mass is 373 g/mol. The van der Waals surface area contributed by atoms with Gasteiger partial charge in [-0.2, -0.15) is 0 Å². The second-order valence-electron chi connectivity index (χ2n) is 5.84. The maximum atomic E-state index is 13.3. The summed E-state index contributed by atoms with van der Waals surface area (Å²) >= 11 is 1.37. The molecule has 0 bridgehead atoms. The van der Waals surface area contributed by atoms with E-state index >= 15 is 0 Å². The van der Waals surface area contributed by atoms with Gasteiger partial charge in [-0.15, -0.1) is 11.8 Å². The third-order valence-corrected chi connectivity index (χ3v) is 5.12. The summed E-state index contributed by atoms with van der Waals surface area (Å²) in [6.45, 7) is 2.95. The number of fused-ring (bicyclic) bond motifs is 1. The number of thioether (sulfide) groups is 1. The van der Waals surface area contributed by atoms with Crippen molar-refractivity contribution in [2.24, 2.45) is 0 Å². The number of hydrogen-bond acceptors (Lipinski definition) is 3. The van der Waals surface area contributed by atoms with Gasteiger partial charge in [-0.05, 0) is 49.2 Å². The summed E-state index contributed by atoms with van der Waals surface area (Å²) in [7, 11) is 0. The molecule has 5 nitrogen and oxygen atoms in total. The molecule has 0 saturated heterocycles. The second kappa shape index (κ2) is 8.23. The van der Waals surface area contributed by atoms with E-state index in [9.17, 15) is 14.0 Å². The van der Waals surface area contributed by atoms with Crippen molar-refractivity contribution in [3.05, 3.63) is 53.8 Å². The number of nitrogens with zero attached hydrogens (tertiary/aromatic N) is 1. The quantitative estimate of drug-likeness (QED) is 0.787. The molecule has 7 heteroatoms. The Hall–Kier alpha value is -2.54. The second-order valence-corrected chi connectivity index (χ2v) is 6.85. The fourth-order valence-electron chi connectivity index (χ4n) is 2.87. The van der Waals surface area contributed by atoms with Crippen molar-refractivity contribution in [1.82, 2.24) is 5.32 Å². The number of hydrogen-bond donors (Lipinski definition) is 2. The van der Waals surface area contributed by atoms with Gasteiger partial charge in [0.05, 0.1) is 11.4 Å². The molecule has 1 aliphatic rings. The molecule has 0 atom stereocenters. The van der Waals surface area contributed by atoms with Crippen LogP contribution in [0, 0.1) is 5.82 Å². The molecule has 2 N–H and O–H groups in total. The average Bonchev–Trinajstić information content (AvgIpc) is 3.04. The largest absolute Gasteiger partial charge is 0.338 e. The van der Waals surface area contributed by atoms with Crippen LogP contribution in [-0.2, 0) is 11.2 Å². The van der Waals surface area contributed by atoms with Gasteiger partial charge < -0.3 is 15.5 Å². The maximum absolute atomic E-state index is 13.3. The van der Waals surface area contributed by atoms with Gasteiger partial charge in [0.25, 0.3) is 0 Å². The van der Waals surface area contributed by atoms with E-state index in [1.807, 2.05) is 25.1 Å². The molecule has 0 saturated carbocycles. The Balaban J connectivity index is 1.65. The van der Waals surface area contributed by atoms with Crippen molar-refractivity contribution < 1.29 is 14.0 Å². The fourth-order valence-corrected chi connectivity index (χ4v) is 3.75. The molecule has 26 heavy (non-hydrogen) atoms. The zero-order valence-electron chi connectivity index (χ0n) is 14.4. The van der Waals surface area contributed by atoms with Gasteiger partial charge in [0.2, 0.25) is 5.91 Å². The van der Waals surface area contributed by atoms with E-state index in [1.165, 1.54) is 23.9 Å². The van der Waals surface area contributed by atoms with E-state index in [2.05, 4.69) is 10.6 Å². The Morgan fingerprint density at radius 3 is 2.85 bits per heavy atom. The first-order chi connectivity index (χ1) is 12.6. The van der Waals surface area contributed by atoms with Crippen LogP contribution in [0.3, 0.4) is 0 Å². The first-order valence-corrected chi connectivity index (χ1v) is 9.42. The summed E-state index contributed by atoms with van der Waals surface area (Å²) in [5.74, 6) is -0.0730. The minimum Gasteiger partial charge on any atom is -0.338 e. The molecule has 0 radical (unpaired) electrons. The number of rotatable bonds is 5. The number of anilines is 2. The normalized spacial score (nSPS) is 12.6. The molecule has 0 spiro atoms. The Kier molecular flexibility index (Phi) is 5.78. The van der Waals surface area contributed by atoms with Crippen molar-refractivity contribution in [2.45, 2.75) is 18.2 Å². The van der Waals surface area contributed by atoms with Crippen molar-refractivity contribution in [3.8, 4) is 0 Å². The van der Waals surface area contributed by atoms with Gasteiger partial charge >= 0.3 is 6.03 Å². The van der Waals surface area contributed by atoms with E-state index in [1.54, 1.807) is 17.0 Å². The number of carbonyl (C=O) groups excluding carboxylic acids is 2. The lowest BCUT2D eigenvalue weighted by atomic mass is 10.2. The number of carbonyl (C=O) groups is 2. The van der Waals surface area contributed by atoms with Gasteiger partial charge in [-0.1, -0.05) is 12.1 Å². The van der Waals surface area contributed by atoms with Crippen molar-refractivity contribution >= 4 is 35.1 Å². The van der Waals surface area contributed by atoms with Crippen molar-refractivity contribution in [3.63, 3.8) is 0 Å². The van der Waals surface area contributed by atoms with Crippen LogP contribution in [0.15, 0.2) is 47.4 Å². The maximum Gasteiger partial charge on any atom is 0.319 e. The van der Waals surface area contributed by atoms with Gasteiger partial charge in [0.1, 0.15) is 5.82 Å². The Labute approximate surface area is 156 Å². The predicted molar refractivity (Wildman–Crippen MR) is 102 cm³/mol. The van der Waals surface area contributed by atoms with Crippen molar-refractivity contribution in [2.75, 3.05) is 29.1 Å². The lowest BCUT2D eigenvalue weighted by Crippen LogP contribution is -2.30. The lowest BCUT2D eigenvalue weighted by molar-refractivity contribution is -0.116. The minimum atomic E-state index is -0.280. The van der Waals surface area contributed by atoms with Crippen LogP contribution in [-0.4, -0.2) is 30.8 Å². The zero-order chi connectivity index (χ0) is 18.5. The Morgan fingerprint density at radius 2 is 2.04 bits per heavy atom. The highest BCUT2D eigenvalue weighted by molar-refractivity contribution is 8.00. The van der Waals surface area contributed by atoms with Crippen LogP contribution in [0.5, 0.6) is 0 Å². The standard InChI is InChI=1S/C19H20FN3O2S/c1-2-21-19(25)22-15-5-3-4-6-17(15)26-12-18(24)23-10-9-13-11-14(20)7-8-16(13)23/h3-8,11H,2,9-10,12H2,1H3,(H2,21,22,25). The molecule has 2 aromatic rings. The summed E-state index contributed by atoms with van der Waals surface area (Å²) < 4.78 is 13.3. The van der Waals surface area contributed by atoms with Crippen LogP contribution in [0.25, 0.3) is 0 Å². The highest BCUT2D eigenvalue weighted by Gasteiger charge is 2.25. The summed E-state index contributed by atoms with van der Waals surface area (Å²) in [5, 5.41) is 5.47. The van der Waals surface area contributed by atoms with Crippen LogP contribution in [0.1, 0.15) is 12.5 Å². The molecule has 3 rings (SSSR count). The molecule has 0 fully saturated rings. The van der Waals surface area contributed by atoms with Gasteiger partial charge in [0.15, 0.2) is 0 Å². The van der Waals surface area contributed by atoms with Crippen LogP contribution in [0.2, 0.25) is 0 Å². The molecular formula is C19H20FN3O2S. The molecule has 1 aliphatic heterocycles. The number of amides is 3. The fraction of sp³-hybridized carbons (Fsp3) is 0.263. The van der Waals surface area contributed by atoms with E-state index in [0.29, 0.717) is 25.2 Å². The lowest BCUT2D eigenvalue weighted by Gasteiger charge is -2.17. The third kappa shape index (κ3) is 4.16. The molecule has 136 valence electrons. The van der Waals surface area contributed by atoms with E-state index < -0.39 is 0 Å². The predicted octanol–water partition coefficient (Wildman–Crippen LogP) is 3.65. The van der Waals surface area contributed by atoms with Crippen molar-refractivity contribution in [1.29, 1.82) is 0 Å². The number of para-hydroxylation sites is 1. The average molecular weight is 373 g/mol. The molecule has 3 amide bonds. The van der Waals surface area contributed by atoms with E-state index in [0.717, 1.165) is 16.1 Å². The number of urea groups is 1. The molecule has 1 heterocycles. The number of nitrogens with one attached hydrogen (secondary N) is 2. The summed E-state index contributed by atoms with van der Waals surface area (Å²) in [4.78, 5) is 26.9. The smallest absolute Gasteiger partial charge is 0.319 e. The summed E-state index contributed by atoms with van der Waals surface area (Å²) in [6, 6.07) is 11.6. The summed E-state index contributed by atoms with van der Waals surface area (Å²) in [5.41, 5.74) is 2.31. The van der Waals surface area contributed by atoms with Crippen LogP contribution >= 0.6 is 11.8 Å². The molecular weight excluding hydrogens is 353 g/mol. The minimum absolute atomic E-state index is 0.0341. The molecule has 0 aromatic heterocycles. The SMILES string of the molecule is CCNC(=O)Nc1ccccc1SCC(=O)N1CCc2cc(F)ccc21. The van der Waals surface area contributed by atoms with Gasteiger partial charge in [-0.3, -0.25) is 4.79 Å². The molecule has 0 unspecified atom stereocenters. The van der Waals surface area contributed by atoms with E-state index in [4.69, 9.17) is 0 Å². The topological polar surface area (TPSA) is 61.4 Å². The highest BCUT2D eigenvalue weighted by atomic mass is 32.2. The first kappa shape index (κ1) is 18.3. The first-order valence-electron chi connectivity index (χ1n) is 8.44. The highest BCUT2D eigenvalue weighted by Crippen LogP contribution is 2.31. The Morgan fingerprint density at radius 1 is 1.23 bits per heavy atom. The summed E-state index contributed by atoms with van der Waals surface area (Å²) in [6.07, 6.45) is 0.666. The van der Waals surface area contributed by atoms with Gasteiger partial charge in [0, 0.05) is 23.7 Å².